The largest absolute Gasteiger partial charge is 0.376 e. The average Bonchev–Trinajstić information content (AvgIpc) is 2.51. The molecule has 0 radical (unpaired) electrons. The zero-order valence-electron chi connectivity index (χ0n) is 8.99. The van der Waals surface area contributed by atoms with Gasteiger partial charge in [-0.05, 0) is 32.7 Å². The first-order chi connectivity index (χ1) is 6.77. The van der Waals surface area contributed by atoms with Crippen LogP contribution < -0.4 is 10.6 Å². The molecule has 88 valence electrons. The Morgan fingerprint density at radius 2 is 2.27 bits per heavy atom. The van der Waals surface area contributed by atoms with Gasteiger partial charge in [0.15, 0.2) is 0 Å². The Bertz CT molecular complexity index is 215. The quantitative estimate of drug-likeness (QED) is 0.746. The van der Waals surface area contributed by atoms with Gasteiger partial charge < -0.3 is 15.4 Å². The Labute approximate surface area is 96.5 Å². The molecule has 0 aromatic rings. The fraction of sp³-hybridized carbons (Fsp3) is 0.900. The second kappa shape index (κ2) is 5.68. The molecule has 2 aliphatic heterocycles. The second-order valence-electron chi connectivity index (χ2n) is 4.14. The molecular formula is C10H19ClN2O2. The lowest BCUT2D eigenvalue weighted by Gasteiger charge is -2.29. The van der Waals surface area contributed by atoms with Gasteiger partial charge in [-0.1, -0.05) is 0 Å². The van der Waals surface area contributed by atoms with Crippen LogP contribution in [0.15, 0.2) is 0 Å². The molecule has 0 bridgehead atoms. The van der Waals surface area contributed by atoms with Crippen molar-refractivity contribution in [3.05, 3.63) is 0 Å². The summed E-state index contributed by atoms with van der Waals surface area (Å²) in [4.78, 5) is 11.6. The third-order valence-electron chi connectivity index (χ3n) is 3.03. The van der Waals surface area contributed by atoms with Crippen LogP contribution in [0.5, 0.6) is 0 Å². The van der Waals surface area contributed by atoms with Crippen molar-refractivity contribution in [3.8, 4) is 0 Å². The van der Waals surface area contributed by atoms with Crippen LogP contribution in [0.3, 0.4) is 0 Å². The van der Waals surface area contributed by atoms with Gasteiger partial charge in [0.2, 0.25) is 5.91 Å². The van der Waals surface area contributed by atoms with Gasteiger partial charge in [0.1, 0.15) is 0 Å². The topological polar surface area (TPSA) is 50.4 Å². The minimum atomic E-state index is 0. The van der Waals surface area contributed by atoms with Crippen molar-refractivity contribution in [1.82, 2.24) is 10.6 Å². The lowest BCUT2D eigenvalue weighted by molar-refractivity contribution is -0.126. The summed E-state index contributed by atoms with van der Waals surface area (Å²) in [6.45, 7) is 3.82. The molecule has 4 nitrogen and oxygen atoms in total. The molecule has 0 aromatic carbocycles. The molecule has 2 rings (SSSR count). The molecular weight excluding hydrogens is 216 g/mol. The van der Waals surface area contributed by atoms with Crippen molar-refractivity contribution in [3.63, 3.8) is 0 Å². The van der Waals surface area contributed by atoms with Crippen molar-refractivity contribution in [2.45, 2.75) is 44.4 Å². The van der Waals surface area contributed by atoms with Gasteiger partial charge in [0.05, 0.1) is 18.2 Å². The van der Waals surface area contributed by atoms with Crippen LogP contribution in [0.4, 0.5) is 0 Å². The maximum absolute atomic E-state index is 11.6. The number of ether oxygens (including phenoxy) is 1. The summed E-state index contributed by atoms with van der Waals surface area (Å²) in [7, 11) is 0. The normalized spacial score (nSPS) is 31.3. The SMILES string of the molecule is CC(NC(=O)[C@H]1CCN1)C1CCCO1.Cl. The van der Waals surface area contributed by atoms with Gasteiger partial charge in [0.25, 0.3) is 0 Å². The zero-order chi connectivity index (χ0) is 9.97. The van der Waals surface area contributed by atoms with Crippen molar-refractivity contribution in [2.75, 3.05) is 13.2 Å². The highest BCUT2D eigenvalue weighted by atomic mass is 35.5. The molecule has 2 aliphatic rings. The first-order valence-corrected chi connectivity index (χ1v) is 5.43. The standard InChI is InChI=1S/C10H18N2O2.ClH/c1-7(9-3-2-6-14-9)12-10(13)8-4-5-11-8;/h7-9,11H,2-6H2,1H3,(H,12,13);1H/t7?,8-,9?;/m1./s1. The molecule has 0 aliphatic carbocycles. The summed E-state index contributed by atoms with van der Waals surface area (Å²) in [5.41, 5.74) is 0. The molecule has 2 heterocycles. The lowest BCUT2D eigenvalue weighted by atomic mass is 10.0. The van der Waals surface area contributed by atoms with Crippen molar-refractivity contribution >= 4 is 18.3 Å². The predicted octanol–water partition coefficient (Wildman–Crippen LogP) is 0.454. The van der Waals surface area contributed by atoms with Crippen LogP contribution in [0.1, 0.15) is 26.2 Å². The number of amides is 1. The van der Waals surface area contributed by atoms with E-state index in [1.54, 1.807) is 0 Å². The monoisotopic (exact) mass is 234 g/mol. The van der Waals surface area contributed by atoms with E-state index in [1.165, 1.54) is 0 Å². The van der Waals surface area contributed by atoms with E-state index in [0.717, 1.165) is 32.4 Å². The van der Waals surface area contributed by atoms with Gasteiger partial charge in [-0.25, -0.2) is 0 Å². The van der Waals surface area contributed by atoms with Crippen LogP contribution >= 0.6 is 12.4 Å². The van der Waals surface area contributed by atoms with E-state index in [4.69, 9.17) is 4.74 Å². The molecule has 0 saturated carbocycles. The number of nitrogens with one attached hydrogen (secondary N) is 2. The zero-order valence-corrected chi connectivity index (χ0v) is 9.81. The van der Waals surface area contributed by atoms with E-state index in [0.29, 0.717) is 0 Å². The Balaban J connectivity index is 0.00000112. The highest BCUT2D eigenvalue weighted by molar-refractivity contribution is 5.85. The Morgan fingerprint density at radius 1 is 1.53 bits per heavy atom. The van der Waals surface area contributed by atoms with E-state index in [2.05, 4.69) is 10.6 Å². The fourth-order valence-electron chi connectivity index (χ4n) is 1.93. The molecule has 1 amide bonds. The minimum Gasteiger partial charge on any atom is -0.376 e. The minimum absolute atomic E-state index is 0. The molecule has 5 heteroatoms. The predicted molar refractivity (Wildman–Crippen MR) is 60.2 cm³/mol. The van der Waals surface area contributed by atoms with Crippen molar-refractivity contribution < 1.29 is 9.53 Å². The van der Waals surface area contributed by atoms with E-state index in [1.807, 2.05) is 6.92 Å². The van der Waals surface area contributed by atoms with E-state index >= 15 is 0 Å². The van der Waals surface area contributed by atoms with Gasteiger partial charge in [-0.3, -0.25) is 4.79 Å². The third-order valence-corrected chi connectivity index (χ3v) is 3.03. The fourth-order valence-corrected chi connectivity index (χ4v) is 1.93. The van der Waals surface area contributed by atoms with Crippen LogP contribution in [-0.4, -0.2) is 37.2 Å². The third kappa shape index (κ3) is 3.06. The summed E-state index contributed by atoms with van der Waals surface area (Å²) in [5.74, 6) is 0.124. The maximum Gasteiger partial charge on any atom is 0.237 e. The van der Waals surface area contributed by atoms with Gasteiger partial charge in [-0.2, -0.15) is 0 Å². The molecule has 2 unspecified atom stereocenters. The lowest BCUT2D eigenvalue weighted by Crippen LogP contribution is -2.56. The van der Waals surface area contributed by atoms with Crippen LogP contribution in [0, 0.1) is 0 Å². The molecule has 2 fully saturated rings. The number of carbonyl (C=O) groups excluding carboxylic acids is 1. The first kappa shape index (κ1) is 12.7. The summed E-state index contributed by atoms with van der Waals surface area (Å²) >= 11 is 0. The summed E-state index contributed by atoms with van der Waals surface area (Å²) < 4.78 is 5.51. The Kier molecular flexibility index (Phi) is 4.83. The Hall–Kier alpha value is -0.320. The number of carbonyl (C=O) groups is 1. The molecule has 2 saturated heterocycles. The highest BCUT2D eigenvalue weighted by Crippen LogP contribution is 2.15. The number of rotatable bonds is 3. The second-order valence-corrected chi connectivity index (χ2v) is 4.14. The molecule has 0 spiro atoms. The summed E-state index contributed by atoms with van der Waals surface area (Å²) in [6.07, 6.45) is 3.37. The summed E-state index contributed by atoms with van der Waals surface area (Å²) in [5, 5.41) is 6.09. The molecule has 3 atom stereocenters. The highest BCUT2D eigenvalue weighted by Gasteiger charge is 2.29. The number of halogens is 1. The molecule has 0 aromatic heterocycles. The van der Waals surface area contributed by atoms with Crippen molar-refractivity contribution in [2.24, 2.45) is 0 Å². The van der Waals surface area contributed by atoms with E-state index in [-0.39, 0.29) is 36.5 Å². The van der Waals surface area contributed by atoms with Crippen LogP contribution in [-0.2, 0) is 9.53 Å². The maximum atomic E-state index is 11.6. The Morgan fingerprint density at radius 3 is 2.73 bits per heavy atom. The molecule has 15 heavy (non-hydrogen) atoms. The van der Waals surface area contributed by atoms with Gasteiger partial charge >= 0.3 is 0 Å². The van der Waals surface area contributed by atoms with E-state index < -0.39 is 0 Å². The van der Waals surface area contributed by atoms with Gasteiger partial charge in [0, 0.05) is 6.61 Å². The van der Waals surface area contributed by atoms with Crippen LogP contribution in [0.25, 0.3) is 0 Å². The molecule has 2 N–H and O–H groups in total. The van der Waals surface area contributed by atoms with Crippen LogP contribution in [0.2, 0.25) is 0 Å². The number of hydrogen-bond acceptors (Lipinski definition) is 3. The smallest absolute Gasteiger partial charge is 0.237 e. The van der Waals surface area contributed by atoms with Gasteiger partial charge in [-0.15, -0.1) is 12.4 Å². The van der Waals surface area contributed by atoms with Crippen molar-refractivity contribution in [1.29, 1.82) is 0 Å². The summed E-state index contributed by atoms with van der Waals surface area (Å²) in [6, 6.07) is 0.186. The first-order valence-electron chi connectivity index (χ1n) is 5.43. The van der Waals surface area contributed by atoms with E-state index in [9.17, 15) is 4.79 Å². The average molecular weight is 235 g/mol. The number of hydrogen-bond donors (Lipinski definition) is 2.